The number of hydrogen-bond donors (Lipinski definition) is 1. The number of hydrogen-bond acceptors (Lipinski definition) is 7. The lowest BCUT2D eigenvalue weighted by Crippen LogP contribution is -2.60. The number of nitrogens with one attached hydrogen (secondary N) is 1. The lowest BCUT2D eigenvalue weighted by molar-refractivity contribution is -0.126. The first-order chi connectivity index (χ1) is 20.2. The van der Waals surface area contributed by atoms with Crippen LogP contribution >= 0.6 is 11.3 Å². The van der Waals surface area contributed by atoms with Crippen LogP contribution in [-0.4, -0.2) is 62.0 Å². The predicted molar refractivity (Wildman–Crippen MR) is 155 cm³/mol. The first-order valence-corrected chi connectivity index (χ1v) is 14.8. The van der Waals surface area contributed by atoms with Crippen molar-refractivity contribution in [1.29, 1.82) is 5.26 Å². The van der Waals surface area contributed by atoms with Crippen molar-refractivity contribution in [3.05, 3.63) is 70.2 Å². The molecule has 1 N–H and O–H groups in total. The molecule has 6 heterocycles. The van der Waals surface area contributed by atoms with Gasteiger partial charge >= 0.3 is 6.18 Å². The fourth-order valence-electron chi connectivity index (χ4n) is 6.59. The van der Waals surface area contributed by atoms with E-state index in [2.05, 4.69) is 55.1 Å². The van der Waals surface area contributed by atoms with Crippen LogP contribution in [0.25, 0.3) is 21.1 Å². The van der Waals surface area contributed by atoms with E-state index in [1.54, 1.807) is 12.3 Å². The second kappa shape index (κ2) is 10.1. The van der Waals surface area contributed by atoms with E-state index in [9.17, 15) is 18.4 Å². The number of benzene rings is 1. The Bertz CT molecular complexity index is 1800. The van der Waals surface area contributed by atoms with Crippen LogP contribution in [0.5, 0.6) is 0 Å². The first kappa shape index (κ1) is 26.9. The molecule has 1 spiro atoms. The zero-order chi connectivity index (χ0) is 29.1. The fourth-order valence-corrected chi connectivity index (χ4v) is 7.61. The van der Waals surface area contributed by atoms with Crippen molar-refractivity contribution < 1.29 is 13.2 Å². The highest BCUT2D eigenvalue weighted by Crippen LogP contribution is 2.45. The monoisotopic (exact) mass is 590 g/mol. The lowest BCUT2D eigenvalue weighted by Gasteiger charge is -2.54. The number of aryl methyl sites for hydroxylation is 1. The van der Waals surface area contributed by atoms with Gasteiger partial charge in [-0.3, -0.25) is 10.00 Å². The number of aromatic amines is 1. The summed E-state index contributed by atoms with van der Waals surface area (Å²) >= 11 is 1.10. The summed E-state index contributed by atoms with van der Waals surface area (Å²) in [6.07, 6.45) is 2.06. The standard InChI is InChI=1S/C30H29F3N8S/c1-19-21(2-3-26-24(19)8-22(11-34)41(26)14-20-12-37-38-13-20)15-39-6-4-29(5-7-39)16-40(17-29)27-25-9-23(10-30(31,32)33)42-28(25)36-18-35-27/h2-3,8-9,12-13,18H,4-7,10,14-17H2,1H3,(H,37,38). The molecule has 0 bridgehead atoms. The Balaban J connectivity index is 1.01. The van der Waals surface area contributed by atoms with Gasteiger partial charge in [0.25, 0.3) is 0 Å². The van der Waals surface area contributed by atoms with Crippen molar-refractivity contribution in [3.63, 3.8) is 0 Å². The number of alkyl halides is 3. The molecule has 7 rings (SSSR count). The molecule has 4 aromatic heterocycles. The summed E-state index contributed by atoms with van der Waals surface area (Å²) in [5, 5.41) is 18.5. The number of halogens is 3. The molecule has 216 valence electrons. The van der Waals surface area contributed by atoms with Gasteiger partial charge in [-0.05, 0) is 62.2 Å². The summed E-state index contributed by atoms with van der Waals surface area (Å²) in [4.78, 5) is 14.3. The maximum absolute atomic E-state index is 12.9. The van der Waals surface area contributed by atoms with Gasteiger partial charge in [0.2, 0.25) is 0 Å². The molecule has 2 saturated heterocycles. The average Bonchev–Trinajstić information content (AvgIpc) is 3.68. The van der Waals surface area contributed by atoms with E-state index in [0.717, 1.165) is 84.6 Å². The number of fused-ring (bicyclic) bond motifs is 2. The molecule has 8 nitrogen and oxygen atoms in total. The zero-order valence-corrected chi connectivity index (χ0v) is 23.9. The van der Waals surface area contributed by atoms with E-state index in [1.807, 2.05) is 16.8 Å². The van der Waals surface area contributed by atoms with E-state index >= 15 is 0 Å². The van der Waals surface area contributed by atoms with Crippen LogP contribution in [-0.2, 0) is 19.5 Å². The predicted octanol–water partition coefficient (Wildman–Crippen LogP) is 5.80. The molecular weight excluding hydrogens is 561 g/mol. The molecule has 0 atom stereocenters. The van der Waals surface area contributed by atoms with E-state index in [0.29, 0.717) is 17.1 Å². The summed E-state index contributed by atoms with van der Waals surface area (Å²) < 4.78 is 40.9. The third-order valence-corrected chi connectivity index (χ3v) is 9.92. The molecular formula is C30H29F3N8S. The summed E-state index contributed by atoms with van der Waals surface area (Å²) in [5.74, 6) is 0.748. The third-order valence-electron chi connectivity index (χ3n) is 8.87. The maximum atomic E-state index is 12.9. The molecule has 0 radical (unpaired) electrons. The highest BCUT2D eigenvalue weighted by molar-refractivity contribution is 7.18. The summed E-state index contributed by atoms with van der Waals surface area (Å²) in [5.41, 5.74) is 5.40. The highest BCUT2D eigenvalue weighted by Gasteiger charge is 2.46. The molecule has 12 heteroatoms. The molecule has 5 aromatic rings. The van der Waals surface area contributed by atoms with Crippen LogP contribution in [0.15, 0.2) is 43.0 Å². The molecule has 42 heavy (non-hydrogen) atoms. The number of anilines is 1. The normalized spacial score (nSPS) is 17.3. The number of nitrogens with zero attached hydrogens (tertiary/aromatic N) is 7. The van der Waals surface area contributed by atoms with Gasteiger partial charge in [-0.1, -0.05) is 6.07 Å². The van der Waals surface area contributed by atoms with Crippen molar-refractivity contribution in [2.24, 2.45) is 5.41 Å². The van der Waals surface area contributed by atoms with Gasteiger partial charge < -0.3 is 9.47 Å². The molecule has 0 aliphatic carbocycles. The topological polar surface area (TPSA) is 89.7 Å². The Morgan fingerprint density at radius 1 is 1.10 bits per heavy atom. The minimum atomic E-state index is -4.24. The van der Waals surface area contributed by atoms with Crippen molar-refractivity contribution in [2.75, 3.05) is 31.1 Å². The quantitative estimate of drug-likeness (QED) is 0.269. The van der Waals surface area contributed by atoms with Crippen LogP contribution in [0, 0.1) is 23.7 Å². The largest absolute Gasteiger partial charge is 0.393 e. The second-order valence-electron chi connectivity index (χ2n) is 11.7. The number of piperidine rings is 1. The van der Waals surface area contributed by atoms with Gasteiger partial charge in [-0.25, -0.2) is 9.97 Å². The smallest absolute Gasteiger partial charge is 0.355 e. The Morgan fingerprint density at radius 3 is 2.62 bits per heavy atom. The molecule has 2 fully saturated rings. The van der Waals surface area contributed by atoms with Gasteiger partial charge in [0.05, 0.1) is 24.5 Å². The van der Waals surface area contributed by atoms with Crippen LogP contribution in [0.4, 0.5) is 19.0 Å². The van der Waals surface area contributed by atoms with E-state index in [-0.39, 0.29) is 10.3 Å². The molecule has 0 amide bonds. The molecule has 1 aromatic carbocycles. The zero-order valence-electron chi connectivity index (χ0n) is 23.1. The van der Waals surface area contributed by atoms with Crippen LogP contribution in [0.3, 0.4) is 0 Å². The van der Waals surface area contributed by atoms with Crippen molar-refractivity contribution >= 4 is 38.3 Å². The molecule has 0 saturated carbocycles. The van der Waals surface area contributed by atoms with Crippen molar-refractivity contribution in [1.82, 2.24) is 29.6 Å². The summed E-state index contributed by atoms with van der Waals surface area (Å²) in [6, 6.07) is 10.3. The Labute approximate surface area is 244 Å². The minimum Gasteiger partial charge on any atom is -0.355 e. The molecule has 2 aliphatic rings. The van der Waals surface area contributed by atoms with Crippen LogP contribution < -0.4 is 4.90 Å². The summed E-state index contributed by atoms with van der Waals surface area (Å²) in [6.45, 7) is 7.30. The maximum Gasteiger partial charge on any atom is 0.393 e. The van der Waals surface area contributed by atoms with Gasteiger partial charge in [0, 0.05) is 52.6 Å². The first-order valence-electron chi connectivity index (χ1n) is 14.0. The highest BCUT2D eigenvalue weighted by atomic mass is 32.1. The van der Waals surface area contributed by atoms with E-state index in [1.165, 1.54) is 17.5 Å². The fraction of sp³-hybridized carbons (Fsp3) is 0.400. The number of aromatic nitrogens is 5. The van der Waals surface area contributed by atoms with Gasteiger partial charge in [0.1, 0.15) is 28.7 Å². The number of nitriles is 1. The van der Waals surface area contributed by atoms with E-state index in [4.69, 9.17) is 0 Å². The average molecular weight is 591 g/mol. The van der Waals surface area contributed by atoms with Crippen LogP contribution in [0.1, 0.15) is 40.1 Å². The van der Waals surface area contributed by atoms with Crippen LogP contribution in [0.2, 0.25) is 0 Å². The molecule has 2 aliphatic heterocycles. The number of rotatable bonds is 6. The molecule has 0 unspecified atom stereocenters. The van der Waals surface area contributed by atoms with Gasteiger partial charge in [-0.15, -0.1) is 11.3 Å². The Hall–Kier alpha value is -3.95. The third kappa shape index (κ3) is 4.90. The van der Waals surface area contributed by atoms with Gasteiger partial charge in [-0.2, -0.15) is 23.5 Å². The second-order valence-corrected chi connectivity index (χ2v) is 12.8. The number of likely N-dealkylation sites (tertiary alicyclic amines) is 1. The van der Waals surface area contributed by atoms with Crippen molar-refractivity contribution in [2.45, 2.75) is 45.5 Å². The summed E-state index contributed by atoms with van der Waals surface area (Å²) in [7, 11) is 0. The minimum absolute atomic E-state index is 0.212. The Kier molecular flexibility index (Phi) is 6.47. The Morgan fingerprint density at radius 2 is 1.90 bits per heavy atom. The van der Waals surface area contributed by atoms with Gasteiger partial charge in [0.15, 0.2) is 0 Å². The SMILES string of the molecule is Cc1c(CN2CCC3(CC2)CN(c2ncnc4sc(CC(F)(F)F)cc24)C3)ccc2c1cc(C#N)n2Cc1cn[nH]c1. The number of H-pyrrole nitrogens is 1. The number of thiophene rings is 1. The van der Waals surface area contributed by atoms with E-state index < -0.39 is 12.6 Å². The van der Waals surface area contributed by atoms with Crippen molar-refractivity contribution in [3.8, 4) is 6.07 Å². The lowest BCUT2D eigenvalue weighted by atomic mass is 9.72.